The van der Waals surface area contributed by atoms with E-state index in [1.807, 2.05) is 0 Å². The van der Waals surface area contributed by atoms with Crippen LogP contribution in [0.4, 0.5) is 4.39 Å². The van der Waals surface area contributed by atoms with E-state index >= 15 is 0 Å². The monoisotopic (exact) mass is 292 g/mol. The first kappa shape index (κ1) is 15.4. The third-order valence-electron chi connectivity index (χ3n) is 2.92. The van der Waals surface area contributed by atoms with Crippen molar-refractivity contribution in [1.29, 1.82) is 0 Å². The number of aryl methyl sites for hydroxylation is 1. The van der Waals surface area contributed by atoms with Gasteiger partial charge in [0.15, 0.2) is 0 Å². The van der Waals surface area contributed by atoms with E-state index < -0.39 is 0 Å². The van der Waals surface area contributed by atoms with Gasteiger partial charge < -0.3 is 10.1 Å². The molecule has 0 radical (unpaired) electrons. The van der Waals surface area contributed by atoms with E-state index in [1.165, 1.54) is 12.1 Å². The molecule has 1 aromatic carbocycles. The Morgan fingerprint density at radius 3 is 2.86 bits per heavy atom. The van der Waals surface area contributed by atoms with Crippen LogP contribution in [-0.4, -0.2) is 21.5 Å². The van der Waals surface area contributed by atoms with Gasteiger partial charge in [0.1, 0.15) is 23.9 Å². The van der Waals surface area contributed by atoms with Gasteiger partial charge in [-0.25, -0.2) is 4.39 Å². The number of hydrogen-bond donors (Lipinski definition) is 1. The molecule has 6 heteroatoms. The largest absolute Gasteiger partial charge is 0.487 e. The molecule has 1 aromatic heterocycles. The lowest BCUT2D eigenvalue weighted by Gasteiger charge is -2.12. The van der Waals surface area contributed by atoms with Gasteiger partial charge in [0, 0.05) is 19.2 Å². The van der Waals surface area contributed by atoms with Crippen molar-refractivity contribution in [2.24, 2.45) is 13.0 Å². The molecule has 21 heavy (non-hydrogen) atoms. The summed E-state index contributed by atoms with van der Waals surface area (Å²) in [7, 11) is 1.80. The maximum absolute atomic E-state index is 13.4. The molecule has 0 amide bonds. The number of rotatable bonds is 7. The first-order valence-corrected chi connectivity index (χ1v) is 7.01. The lowest BCUT2D eigenvalue weighted by molar-refractivity contribution is 0.296. The van der Waals surface area contributed by atoms with Gasteiger partial charge in [0.05, 0.1) is 6.20 Å². The Hall–Kier alpha value is -1.95. The van der Waals surface area contributed by atoms with Crippen LogP contribution in [0.15, 0.2) is 24.4 Å². The Morgan fingerprint density at radius 1 is 1.38 bits per heavy atom. The molecule has 0 spiro atoms. The Bertz CT molecular complexity index is 583. The predicted molar refractivity (Wildman–Crippen MR) is 78.3 cm³/mol. The second kappa shape index (κ2) is 7.17. The lowest BCUT2D eigenvalue weighted by atomic mass is 10.1. The first-order valence-electron chi connectivity index (χ1n) is 7.01. The summed E-state index contributed by atoms with van der Waals surface area (Å²) in [4.78, 5) is 0. The van der Waals surface area contributed by atoms with Crippen LogP contribution >= 0.6 is 0 Å². The topological polar surface area (TPSA) is 52.0 Å². The highest BCUT2D eigenvalue weighted by atomic mass is 19.1. The molecule has 0 aliphatic carbocycles. The van der Waals surface area contributed by atoms with Crippen LogP contribution in [0.1, 0.15) is 25.1 Å². The van der Waals surface area contributed by atoms with Crippen molar-refractivity contribution in [3.63, 3.8) is 0 Å². The summed E-state index contributed by atoms with van der Waals surface area (Å²) in [6.45, 7) is 6.02. The zero-order valence-electron chi connectivity index (χ0n) is 12.6. The zero-order valence-corrected chi connectivity index (χ0v) is 12.6. The summed E-state index contributed by atoms with van der Waals surface area (Å²) >= 11 is 0. The van der Waals surface area contributed by atoms with Crippen LogP contribution in [0.5, 0.6) is 5.75 Å². The molecule has 0 aliphatic rings. The van der Waals surface area contributed by atoms with Crippen LogP contribution in [0.2, 0.25) is 0 Å². The highest BCUT2D eigenvalue weighted by molar-refractivity contribution is 5.34. The highest BCUT2D eigenvalue weighted by Crippen LogP contribution is 2.20. The van der Waals surface area contributed by atoms with E-state index in [1.54, 1.807) is 24.0 Å². The SMILES string of the molecule is CC(C)CNCc1cc(F)ccc1OCc1cn(C)nn1. The fraction of sp³-hybridized carbons (Fsp3) is 0.467. The maximum atomic E-state index is 13.4. The molecule has 0 saturated carbocycles. The Labute approximate surface area is 124 Å². The van der Waals surface area contributed by atoms with Gasteiger partial charge in [0.2, 0.25) is 0 Å². The molecule has 1 heterocycles. The fourth-order valence-electron chi connectivity index (χ4n) is 1.94. The predicted octanol–water partition coefficient (Wildman–Crippen LogP) is 2.28. The number of nitrogens with one attached hydrogen (secondary N) is 1. The highest BCUT2D eigenvalue weighted by Gasteiger charge is 2.07. The van der Waals surface area contributed by atoms with Gasteiger partial charge in [-0.3, -0.25) is 4.68 Å². The van der Waals surface area contributed by atoms with Gasteiger partial charge in [-0.05, 0) is 30.7 Å². The Kier molecular flexibility index (Phi) is 5.27. The number of halogens is 1. The number of nitrogens with zero attached hydrogens (tertiary/aromatic N) is 3. The first-order chi connectivity index (χ1) is 10.0. The van der Waals surface area contributed by atoms with E-state index in [4.69, 9.17) is 4.74 Å². The molecule has 0 bridgehead atoms. The summed E-state index contributed by atoms with van der Waals surface area (Å²) in [6, 6.07) is 4.55. The van der Waals surface area contributed by atoms with Crippen molar-refractivity contribution in [1.82, 2.24) is 20.3 Å². The van der Waals surface area contributed by atoms with Gasteiger partial charge in [-0.15, -0.1) is 5.10 Å². The third kappa shape index (κ3) is 4.82. The standard InChI is InChI=1S/C15H21FN4O/c1-11(2)7-17-8-12-6-13(16)4-5-15(12)21-10-14-9-20(3)19-18-14/h4-6,9,11,17H,7-8,10H2,1-3H3. The fourth-order valence-corrected chi connectivity index (χ4v) is 1.94. The molecular formula is C15H21FN4O. The molecule has 0 aliphatic heterocycles. The molecule has 0 unspecified atom stereocenters. The van der Waals surface area contributed by atoms with Crippen molar-refractivity contribution in [2.75, 3.05) is 6.54 Å². The van der Waals surface area contributed by atoms with E-state index in [-0.39, 0.29) is 5.82 Å². The van der Waals surface area contributed by atoms with E-state index in [9.17, 15) is 4.39 Å². The van der Waals surface area contributed by atoms with Gasteiger partial charge >= 0.3 is 0 Å². The van der Waals surface area contributed by atoms with Crippen molar-refractivity contribution in [3.05, 3.63) is 41.5 Å². The molecule has 2 aromatic rings. The van der Waals surface area contributed by atoms with Crippen molar-refractivity contribution < 1.29 is 9.13 Å². The maximum Gasteiger partial charge on any atom is 0.134 e. The van der Waals surface area contributed by atoms with Crippen molar-refractivity contribution in [3.8, 4) is 5.75 Å². The van der Waals surface area contributed by atoms with E-state index in [0.717, 1.165) is 17.8 Å². The molecule has 5 nitrogen and oxygen atoms in total. The molecule has 0 atom stereocenters. The summed E-state index contributed by atoms with van der Waals surface area (Å²) in [5.41, 5.74) is 1.54. The number of benzene rings is 1. The second-order valence-electron chi connectivity index (χ2n) is 5.45. The van der Waals surface area contributed by atoms with E-state index in [2.05, 4.69) is 29.5 Å². The Morgan fingerprint density at radius 2 is 2.19 bits per heavy atom. The number of ether oxygens (including phenoxy) is 1. The van der Waals surface area contributed by atoms with E-state index in [0.29, 0.717) is 24.8 Å². The lowest BCUT2D eigenvalue weighted by Crippen LogP contribution is -2.19. The summed E-state index contributed by atoms with van der Waals surface area (Å²) < 4.78 is 20.7. The summed E-state index contributed by atoms with van der Waals surface area (Å²) in [5, 5.41) is 11.1. The second-order valence-corrected chi connectivity index (χ2v) is 5.45. The van der Waals surface area contributed by atoms with Crippen LogP contribution < -0.4 is 10.1 Å². The average molecular weight is 292 g/mol. The average Bonchev–Trinajstić information content (AvgIpc) is 2.83. The molecule has 0 fully saturated rings. The van der Waals surface area contributed by atoms with Crippen LogP contribution in [0.25, 0.3) is 0 Å². The van der Waals surface area contributed by atoms with Gasteiger partial charge in [0.25, 0.3) is 0 Å². The Balaban J connectivity index is 2.00. The molecule has 1 N–H and O–H groups in total. The van der Waals surface area contributed by atoms with Crippen LogP contribution in [0.3, 0.4) is 0 Å². The molecule has 114 valence electrons. The van der Waals surface area contributed by atoms with Crippen molar-refractivity contribution in [2.45, 2.75) is 27.0 Å². The molecule has 2 rings (SSSR count). The zero-order chi connectivity index (χ0) is 15.2. The molecule has 0 saturated heterocycles. The number of aromatic nitrogens is 3. The van der Waals surface area contributed by atoms with Gasteiger partial charge in [-0.1, -0.05) is 19.1 Å². The normalized spacial score (nSPS) is 11.1. The third-order valence-corrected chi connectivity index (χ3v) is 2.92. The minimum Gasteiger partial charge on any atom is -0.487 e. The van der Waals surface area contributed by atoms with Crippen molar-refractivity contribution >= 4 is 0 Å². The smallest absolute Gasteiger partial charge is 0.134 e. The van der Waals surface area contributed by atoms with Crippen LogP contribution in [-0.2, 0) is 20.2 Å². The minimum absolute atomic E-state index is 0.261. The van der Waals surface area contributed by atoms with Crippen LogP contribution in [0, 0.1) is 11.7 Å². The minimum atomic E-state index is -0.261. The number of hydrogen-bond acceptors (Lipinski definition) is 4. The molecular weight excluding hydrogens is 271 g/mol. The quantitative estimate of drug-likeness (QED) is 0.850. The summed E-state index contributed by atoms with van der Waals surface area (Å²) in [6.07, 6.45) is 1.79. The van der Waals surface area contributed by atoms with Gasteiger partial charge in [-0.2, -0.15) is 0 Å². The summed E-state index contributed by atoms with van der Waals surface area (Å²) in [5.74, 6) is 0.948.